The van der Waals surface area contributed by atoms with Crippen molar-refractivity contribution in [2.24, 2.45) is 11.8 Å². The summed E-state index contributed by atoms with van der Waals surface area (Å²) in [5.74, 6) is 1.43. The second kappa shape index (κ2) is 11.5. The lowest BCUT2D eigenvalue weighted by molar-refractivity contribution is -0.143. The Balaban J connectivity index is 1.40. The van der Waals surface area contributed by atoms with Crippen LogP contribution in [0.5, 0.6) is 5.75 Å². The summed E-state index contributed by atoms with van der Waals surface area (Å²) in [5, 5.41) is 0. The van der Waals surface area contributed by atoms with Gasteiger partial charge in [-0.2, -0.15) is 0 Å². The zero-order valence-electron chi connectivity index (χ0n) is 21.2. The van der Waals surface area contributed by atoms with Crippen molar-refractivity contribution in [2.45, 2.75) is 51.7 Å². The maximum Gasteiger partial charge on any atom is 0.225 e. The molecule has 188 valence electrons. The van der Waals surface area contributed by atoms with Gasteiger partial charge >= 0.3 is 0 Å². The van der Waals surface area contributed by atoms with Gasteiger partial charge in [-0.3, -0.25) is 9.59 Å². The van der Waals surface area contributed by atoms with E-state index < -0.39 is 0 Å². The van der Waals surface area contributed by atoms with Crippen LogP contribution in [0.25, 0.3) is 0 Å². The van der Waals surface area contributed by atoms with E-state index in [1.165, 1.54) is 0 Å². The molecule has 0 aromatic heterocycles. The lowest BCUT2D eigenvalue weighted by Gasteiger charge is -2.42. The van der Waals surface area contributed by atoms with E-state index in [9.17, 15) is 9.59 Å². The van der Waals surface area contributed by atoms with Gasteiger partial charge in [0.2, 0.25) is 11.8 Å². The van der Waals surface area contributed by atoms with Crippen molar-refractivity contribution in [3.05, 3.63) is 30.3 Å². The van der Waals surface area contributed by atoms with Gasteiger partial charge in [0.25, 0.3) is 0 Å². The lowest BCUT2D eigenvalue weighted by atomic mass is 9.88. The largest absolute Gasteiger partial charge is 0.490 e. The zero-order valence-corrected chi connectivity index (χ0v) is 21.2. The predicted octanol–water partition coefficient (Wildman–Crippen LogP) is 2.57. The molecule has 7 heteroatoms. The molecule has 2 atom stereocenters. The monoisotopic (exact) mass is 470 g/mol. The maximum absolute atomic E-state index is 13.4. The third-order valence-electron chi connectivity index (χ3n) is 7.91. The summed E-state index contributed by atoms with van der Waals surface area (Å²) in [6.07, 6.45) is 3.03. The molecule has 2 amide bonds. The lowest BCUT2D eigenvalue weighted by Crippen LogP contribution is -2.53. The van der Waals surface area contributed by atoms with Gasteiger partial charge in [-0.25, -0.2) is 0 Å². The summed E-state index contributed by atoms with van der Waals surface area (Å²) in [6, 6.07) is 10.4. The van der Waals surface area contributed by atoms with E-state index in [-0.39, 0.29) is 29.8 Å². The summed E-state index contributed by atoms with van der Waals surface area (Å²) < 4.78 is 6.36. The molecule has 3 saturated heterocycles. The van der Waals surface area contributed by atoms with Crippen LogP contribution in [0.1, 0.15) is 39.5 Å². The summed E-state index contributed by atoms with van der Waals surface area (Å²) in [5.41, 5.74) is 0. The van der Waals surface area contributed by atoms with E-state index in [1.807, 2.05) is 40.1 Å². The highest BCUT2D eigenvalue weighted by molar-refractivity contribution is 5.80. The number of nitrogens with zero attached hydrogens (tertiary/aromatic N) is 4. The number of carbonyl (C=O) groups is 2. The summed E-state index contributed by atoms with van der Waals surface area (Å²) in [4.78, 5) is 35.4. The Hall–Kier alpha value is -2.12. The van der Waals surface area contributed by atoms with E-state index in [4.69, 9.17) is 4.74 Å². The Morgan fingerprint density at radius 2 is 1.59 bits per heavy atom. The molecule has 34 heavy (non-hydrogen) atoms. The normalized spacial score (nSPS) is 25.5. The Labute approximate surface area is 205 Å². The van der Waals surface area contributed by atoms with Gasteiger partial charge in [0, 0.05) is 70.0 Å². The molecule has 4 rings (SSSR count). The first-order chi connectivity index (χ1) is 16.4. The van der Waals surface area contributed by atoms with Crippen molar-refractivity contribution in [1.29, 1.82) is 0 Å². The van der Waals surface area contributed by atoms with Gasteiger partial charge in [0.1, 0.15) is 11.9 Å². The number of hydrogen-bond donors (Lipinski definition) is 0. The molecule has 7 nitrogen and oxygen atoms in total. The quantitative estimate of drug-likeness (QED) is 0.640. The van der Waals surface area contributed by atoms with Gasteiger partial charge in [0.05, 0.1) is 0 Å². The number of para-hydroxylation sites is 1. The summed E-state index contributed by atoms with van der Waals surface area (Å²) >= 11 is 0. The minimum Gasteiger partial charge on any atom is -0.490 e. The number of rotatable bonds is 6. The smallest absolute Gasteiger partial charge is 0.225 e. The second-order valence-electron chi connectivity index (χ2n) is 10.6. The third-order valence-corrected chi connectivity index (χ3v) is 7.91. The van der Waals surface area contributed by atoms with Gasteiger partial charge in [-0.1, -0.05) is 18.2 Å². The highest BCUT2D eigenvalue weighted by atomic mass is 16.5. The average molecular weight is 471 g/mol. The fourth-order valence-electron chi connectivity index (χ4n) is 5.57. The molecular formula is C27H42N4O3. The molecule has 0 saturated carbocycles. The number of ether oxygens (including phenoxy) is 1. The zero-order chi connectivity index (χ0) is 24.1. The molecule has 3 heterocycles. The minimum atomic E-state index is -0.0503. The van der Waals surface area contributed by atoms with Crippen LogP contribution in [-0.4, -0.2) is 103 Å². The van der Waals surface area contributed by atoms with Gasteiger partial charge < -0.3 is 24.3 Å². The number of hydrogen-bond acceptors (Lipinski definition) is 5. The number of amides is 2. The molecule has 1 aromatic rings. The van der Waals surface area contributed by atoms with E-state index >= 15 is 0 Å². The van der Waals surface area contributed by atoms with Crippen LogP contribution in [0.4, 0.5) is 0 Å². The van der Waals surface area contributed by atoms with Crippen LogP contribution >= 0.6 is 0 Å². The number of piperazine rings is 1. The summed E-state index contributed by atoms with van der Waals surface area (Å²) in [7, 11) is 2.10. The first-order valence-corrected chi connectivity index (χ1v) is 13.1. The van der Waals surface area contributed by atoms with Crippen molar-refractivity contribution < 1.29 is 14.3 Å². The SMILES string of the molecule is CC(C)N1CCC(C(=O)N2CC[C@H](Oc3ccccc3)[C@@H](CC(=O)N3CCN(C)CC3)C2)CC1. The third kappa shape index (κ3) is 6.30. The fraction of sp³-hybridized carbons (Fsp3) is 0.704. The van der Waals surface area contributed by atoms with E-state index in [2.05, 4.69) is 30.7 Å². The molecule has 0 spiro atoms. The molecule has 3 fully saturated rings. The summed E-state index contributed by atoms with van der Waals surface area (Å²) in [6.45, 7) is 11.1. The molecule has 0 aliphatic carbocycles. The molecule has 0 unspecified atom stereocenters. The first-order valence-electron chi connectivity index (χ1n) is 13.1. The number of likely N-dealkylation sites (N-methyl/N-ethyl adjacent to an activating group) is 1. The van der Waals surface area contributed by atoms with Crippen molar-refractivity contribution >= 4 is 11.8 Å². The van der Waals surface area contributed by atoms with Crippen LogP contribution in [0, 0.1) is 11.8 Å². The predicted molar refractivity (Wildman–Crippen MR) is 134 cm³/mol. The van der Waals surface area contributed by atoms with Crippen LogP contribution in [0.15, 0.2) is 30.3 Å². The average Bonchev–Trinajstić information content (AvgIpc) is 2.85. The minimum absolute atomic E-state index is 0.0146. The van der Waals surface area contributed by atoms with Crippen LogP contribution in [0.3, 0.4) is 0 Å². The van der Waals surface area contributed by atoms with Crippen molar-refractivity contribution in [1.82, 2.24) is 19.6 Å². The van der Waals surface area contributed by atoms with E-state index in [1.54, 1.807) is 0 Å². The van der Waals surface area contributed by atoms with Crippen molar-refractivity contribution in [2.75, 3.05) is 59.4 Å². The molecule has 0 N–H and O–H groups in total. The number of benzene rings is 1. The molecule has 0 radical (unpaired) electrons. The Morgan fingerprint density at radius 3 is 2.24 bits per heavy atom. The topological polar surface area (TPSA) is 56.3 Å². The Kier molecular flexibility index (Phi) is 8.48. The molecule has 0 bridgehead atoms. The Bertz CT molecular complexity index is 801. The van der Waals surface area contributed by atoms with Crippen molar-refractivity contribution in [3.63, 3.8) is 0 Å². The van der Waals surface area contributed by atoms with E-state index in [0.29, 0.717) is 25.6 Å². The highest BCUT2D eigenvalue weighted by Crippen LogP contribution is 2.29. The number of likely N-dealkylation sites (tertiary alicyclic amines) is 2. The molecular weight excluding hydrogens is 428 g/mol. The highest BCUT2D eigenvalue weighted by Gasteiger charge is 2.38. The van der Waals surface area contributed by atoms with Gasteiger partial charge in [-0.05, 0) is 59.0 Å². The molecule has 3 aliphatic rings. The van der Waals surface area contributed by atoms with E-state index in [0.717, 1.165) is 64.3 Å². The molecule has 3 aliphatic heterocycles. The number of piperidine rings is 2. The Morgan fingerprint density at radius 1 is 0.912 bits per heavy atom. The van der Waals surface area contributed by atoms with Crippen molar-refractivity contribution in [3.8, 4) is 5.75 Å². The fourth-order valence-corrected chi connectivity index (χ4v) is 5.57. The standard InChI is InChI=1S/C27H42N4O3/c1-21(2)29-12-9-22(10-13-29)27(33)31-14-11-25(34-24-7-5-4-6-8-24)23(20-31)19-26(32)30-17-15-28(3)16-18-30/h4-8,21-23,25H,9-20H2,1-3H3/t23-,25-/m0/s1. The van der Waals surface area contributed by atoms with Gasteiger partial charge in [0.15, 0.2) is 0 Å². The molecule has 1 aromatic carbocycles. The first kappa shape index (κ1) is 25.0. The second-order valence-corrected chi connectivity index (χ2v) is 10.6. The maximum atomic E-state index is 13.4. The van der Waals surface area contributed by atoms with Crippen LogP contribution in [-0.2, 0) is 9.59 Å². The van der Waals surface area contributed by atoms with Gasteiger partial charge in [-0.15, -0.1) is 0 Å². The number of carbonyl (C=O) groups excluding carboxylic acids is 2. The van der Waals surface area contributed by atoms with Crippen LogP contribution < -0.4 is 4.74 Å². The van der Waals surface area contributed by atoms with Crippen LogP contribution in [0.2, 0.25) is 0 Å².